The fourth-order valence-electron chi connectivity index (χ4n) is 1.75. The molecule has 0 spiro atoms. The molecule has 0 saturated heterocycles. The molecule has 0 radical (unpaired) electrons. The summed E-state index contributed by atoms with van der Waals surface area (Å²) < 4.78 is 10.4. The van der Waals surface area contributed by atoms with E-state index in [9.17, 15) is 4.79 Å². The number of carbonyl (C=O) groups excluding carboxylic acids is 1. The minimum atomic E-state index is -0.333. The largest absolute Gasteiger partial charge is 0.497 e. The van der Waals surface area contributed by atoms with Crippen LogP contribution in [0.5, 0.6) is 5.75 Å². The fourth-order valence-corrected chi connectivity index (χ4v) is 1.75. The molecule has 98 valence electrons. The Bertz CT molecular complexity index is 561. The first kappa shape index (κ1) is 13.1. The second-order valence-corrected chi connectivity index (χ2v) is 4.24. The van der Waals surface area contributed by atoms with Crippen LogP contribution in [0.4, 0.5) is 0 Å². The zero-order valence-electron chi connectivity index (χ0n) is 11.1. The van der Waals surface area contributed by atoms with Crippen LogP contribution in [0, 0.1) is 6.92 Å². The number of carbonyl (C=O) groups is 1. The van der Waals surface area contributed by atoms with Crippen LogP contribution in [0.15, 0.2) is 48.5 Å². The molecule has 0 aliphatic heterocycles. The molecular formula is C16H16O3. The highest BCUT2D eigenvalue weighted by molar-refractivity contribution is 5.91. The van der Waals surface area contributed by atoms with Crippen LogP contribution in [0.25, 0.3) is 0 Å². The Morgan fingerprint density at radius 3 is 2.53 bits per heavy atom. The summed E-state index contributed by atoms with van der Waals surface area (Å²) >= 11 is 0. The van der Waals surface area contributed by atoms with Crippen molar-refractivity contribution >= 4 is 5.97 Å². The van der Waals surface area contributed by atoms with Crippen LogP contribution in [0.1, 0.15) is 21.5 Å². The highest BCUT2D eigenvalue weighted by Crippen LogP contribution is 2.18. The number of methoxy groups -OCH3 is 1. The standard InChI is InChI=1S/C16H16O3/c1-12-8-9-14(18-2)10-15(12)16(17)19-11-13-6-4-3-5-7-13/h3-10H,11H2,1-2H3. The van der Waals surface area contributed by atoms with E-state index in [4.69, 9.17) is 9.47 Å². The molecule has 0 N–H and O–H groups in total. The highest BCUT2D eigenvalue weighted by atomic mass is 16.5. The zero-order chi connectivity index (χ0) is 13.7. The molecule has 0 unspecified atom stereocenters. The van der Waals surface area contributed by atoms with E-state index in [0.29, 0.717) is 11.3 Å². The van der Waals surface area contributed by atoms with Crippen molar-refractivity contribution in [2.24, 2.45) is 0 Å². The molecule has 3 heteroatoms. The van der Waals surface area contributed by atoms with Gasteiger partial charge in [-0.1, -0.05) is 36.4 Å². The predicted octanol–water partition coefficient (Wildman–Crippen LogP) is 3.36. The first-order valence-electron chi connectivity index (χ1n) is 6.06. The second-order valence-electron chi connectivity index (χ2n) is 4.24. The number of rotatable bonds is 4. The third-order valence-corrected chi connectivity index (χ3v) is 2.88. The molecule has 0 amide bonds. The number of aryl methyl sites for hydroxylation is 1. The first-order chi connectivity index (χ1) is 9.20. The van der Waals surface area contributed by atoms with Crippen molar-refractivity contribution in [1.29, 1.82) is 0 Å². The van der Waals surface area contributed by atoms with Gasteiger partial charge in [0.1, 0.15) is 12.4 Å². The zero-order valence-corrected chi connectivity index (χ0v) is 11.1. The summed E-state index contributed by atoms with van der Waals surface area (Å²) in [7, 11) is 1.57. The van der Waals surface area contributed by atoms with Gasteiger partial charge in [-0.2, -0.15) is 0 Å². The molecule has 0 bridgehead atoms. The highest BCUT2D eigenvalue weighted by Gasteiger charge is 2.11. The summed E-state index contributed by atoms with van der Waals surface area (Å²) in [5.41, 5.74) is 2.38. The third-order valence-electron chi connectivity index (χ3n) is 2.88. The molecule has 0 aliphatic carbocycles. The Kier molecular flexibility index (Phi) is 4.18. The molecule has 0 aromatic heterocycles. The SMILES string of the molecule is COc1ccc(C)c(C(=O)OCc2ccccc2)c1. The summed E-state index contributed by atoms with van der Waals surface area (Å²) in [6.07, 6.45) is 0. The van der Waals surface area contributed by atoms with Gasteiger partial charge in [-0.05, 0) is 30.2 Å². The minimum absolute atomic E-state index is 0.274. The van der Waals surface area contributed by atoms with E-state index in [2.05, 4.69) is 0 Å². The van der Waals surface area contributed by atoms with Crippen molar-refractivity contribution in [2.45, 2.75) is 13.5 Å². The van der Waals surface area contributed by atoms with E-state index in [1.165, 1.54) is 0 Å². The maximum absolute atomic E-state index is 12.0. The maximum atomic E-state index is 12.0. The molecule has 3 nitrogen and oxygen atoms in total. The molecule has 2 rings (SSSR count). The number of esters is 1. The number of hydrogen-bond donors (Lipinski definition) is 0. The third kappa shape index (κ3) is 3.35. The van der Waals surface area contributed by atoms with Gasteiger partial charge in [0, 0.05) is 0 Å². The number of benzene rings is 2. The van der Waals surface area contributed by atoms with Crippen LogP contribution >= 0.6 is 0 Å². The molecule has 0 atom stereocenters. The molecule has 2 aromatic carbocycles. The van der Waals surface area contributed by atoms with Gasteiger partial charge in [0.05, 0.1) is 12.7 Å². The van der Waals surface area contributed by atoms with Crippen LogP contribution in [-0.4, -0.2) is 13.1 Å². The lowest BCUT2D eigenvalue weighted by molar-refractivity contribution is 0.0471. The van der Waals surface area contributed by atoms with E-state index in [1.54, 1.807) is 13.2 Å². The molecule has 19 heavy (non-hydrogen) atoms. The Balaban J connectivity index is 2.08. The van der Waals surface area contributed by atoms with Crippen LogP contribution in [-0.2, 0) is 11.3 Å². The smallest absolute Gasteiger partial charge is 0.338 e. The quantitative estimate of drug-likeness (QED) is 0.787. The van der Waals surface area contributed by atoms with Gasteiger partial charge in [0.15, 0.2) is 0 Å². The molecular weight excluding hydrogens is 240 g/mol. The van der Waals surface area contributed by atoms with Crippen molar-refractivity contribution in [2.75, 3.05) is 7.11 Å². The van der Waals surface area contributed by atoms with Gasteiger partial charge in [-0.25, -0.2) is 4.79 Å². The summed E-state index contributed by atoms with van der Waals surface area (Å²) in [6.45, 7) is 2.15. The van der Waals surface area contributed by atoms with Crippen LogP contribution < -0.4 is 4.74 Å². The van der Waals surface area contributed by atoms with Gasteiger partial charge < -0.3 is 9.47 Å². The Hall–Kier alpha value is -2.29. The normalized spacial score (nSPS) is 10.0. The van der Waals surface area contributed by atoms with Gasteiger partial charge >= 0.3 is 5.97 Å². The first-order valence-corrected chi connectivity index (χ1v) is 6.06. The van der Waals surface area contributed by atoms with Crippen molar-refractivity contribution in [3.63, 3.8) is 0 Å². The average Bonchev–Trinajstić information content (AvgIpc) is 2.46. The van der Waals surface area contributed by atoms with Gasteiger partial charge in [0.25, 0.3) is 0 Å². The fraction of sp³-hybridized carbons (Fsp3) is 0.188. The van der Waals surface area contributed by atoms with E-state index in [1.807, 2.05) is 49.4 Å². The minimum Gasteiger partial charge on any atom is -0.497 e. The molecule has 2 aromatic rings. The Morgan fingerprint density at radius 2 is 1.84 bits per heavy atom. The van der Waals surface area contributed by atoms with E-state index >= 15 is 0 Å². The number of ether oxygens (including phenoxy) is 2. The lowest BCUT2D eigenvalue weighted by atomic mass is 10.1. The summed E-state index contributed by atoms with van der Waals surface area (Å²) in [5, 5.41) is 0. The van der Waals surface area contributed by atoms with Gasteiger partial charge in [-0.3, -0.25) is 0 Å². The van der Waals surface area contributed by atoms with Gasteiger partial charge in [-0.15, -0.1) is 0 Å². The molecule has 0 fully saturated rings. The molecule has 0 saturated carbocycles. The second kappa shape index (κ2) is 6.05. The predicted molar refractivity (Wildman–Crippen MR) is 73.3 cm³/mol. The van der Waals surface area contributed by atoms with Crippen LogP contribution in [0.3, 0.4) is 0 Å². The van der Waals surface area contributed by atoms with E-state index < -0.39 is 0 Å². The maximum Gasteiger partial charge on any atom is 0.338 e. The molecule has 0 aliphatic rings. The lowest BCUT2D eigenvalue weighted by Gasteiger charge is -2.09. The average molecular weight is 256 g/mol. The van der Waals surface area contributed by atoms with E-state index in [-0.39, 0.29) is 12.6 Å². The van der Waals surface area contributed by atoms with Crippen molar-refractivity contribution in [3.8, 4) is 5.75 Å². The molecule has 0 heterocycles. The van der Waals surface area contributed by atoms with Crippen molar-refractivity contribution < 1.29 is 14.3 Å². The van der Waals surface area contributed by atoms with Crippen molar-refractivity contribution in [3.05, 3.63) is 65.2 Å². The van der Waals surface area contributed by atoms with Gasteiger partial charge in [0.2, 0.25) is 0 Å². The summed E-state index contributed by atoms with van der Waals surface area (Å²) in [5.74, 6) is 0.317. The number of hydrogen-bond acceptors (Lipinski definition) is 3. The van der Waals surface area contributed by atoms with Crippen LogP contribution in [0.2, 0.25) is 0 Å². The Morgan fingerprint density at radius 1 is 1.11 bits per heavy atom. The lowest BCUT2D eigenvalue weighted by Crippen LogP contribution is -2.07. The monoisotopic (exact) mass is 256 g/mol. The van der Waals surface area contributed by atoms with Crippen molar-refractivity contribution in [1.82, 2.24) is 0 Å². The summed E-state index contributed by atoms with van der Waals surface area (Å²) in [4.78, 5) is 12.0. The Labute approximate surface area is 112 Å². The van der Waals surface area contributed by atoms with E-state index in [0.717, 1.165) is 11.1 Å². The summed E-state index contributed by atoms with van der Waals surface area (Å²) in [6, 6.07) is 15.0. The topological polar surface area (TPSA) is 35.5 Å².